The summed E-state index contributed by atoms with van der Waals surface area (Å²) in [6.45, 7) is 6.22. The Bertz CT molecular complexity index is 484. The standard InChI is InChI=1S/C14H20N2O3/c1-4-5-6-15-14(19)16-12-10(3)7-9(2)8-11(12)13(17)18/h7-8H,4-6H2,1-3H3,(H,17,18)(H2,15,16,19). The monoisotopic (exact) mass is 264 g/mol. The lowest BCUT2D eigenvalue weighted by Crippen LogP contribution is -2.30. The lowest BCUT2D eigenvalue weighted by atomic mass is 10.0. The molecule has 0 unspecified atom stereocenters. The van der Waals surface area contributed by atoms with Crippen LogP contribution < -0.4 is 10.6 Å². The molecule has 0 aromatic heterocycles. The van der Waals surface area contributed by atoms with Gasteiger partial charge in [-0.3, -0.25) is 0 Å². The van der Waals surface area contributed by atoms with Crippen molar-refractivity contribution in [3.8, 4) is 0 Å². The highest BCUT2D eigenvalue weighted by Crippen LogP contribution is 2.22. The summed E-state index contributed by atoms with van der Waals surface area (Å²) in [5, 5.41) is 14.5. The molecule has 0 aliphatic carbocycles. The number of hydrogen-bond donors (Lipinski definition) is 3. The third-order valence-electron chi connectivity index (χ3n) is 2.76. The number of carbonyl (C=O) groups excluding carboxylic acids is 1. The minimum absolute atomic E-state index is 0.114. The van der Waals surface area contributed by atoms with Gasteiger partial charge in [0, 0.05) is 6.54 Å². The number of carboxylic acids is 1. The Labute approximate surface area is 113 Å². The topological polar surface area (TPSA) is 78.4 Å². The van der Waals surface area contributed by atoms with Crippen molar-refractivity contribution in [3.63, 3.8) is 0 Å². The maximum Gasteiger partial charge on any atom is 0.337 e. The Morgan fingerprint density at radius 1 is 1.26 bits per heavy atom. The third kappa shape index (κ3) is 4.28. The zero-order valence-corrected chi connectivity index (χ0v) is 11.5. The molecule has 19 heavy (non-hydrogen) atoms. The highest BCUT2D eigenvalue weighted by molar-refractivity contribution is 6.01. The van der Waals surface area contributed by atoms with Crippen LogP contribution in [0.1, 0.15) is 41.3 Å². The molecule has 0 saturated carbocycles. The van der Waals surface area contributed by atoms with Crippen molar-refractivity contribution in [1.82, 2.24) is 5.32 Å². The van der Waals surface area contributed by atoms with Crippen LogP contribution >= 0.6 is 0 Å². The number of hydrogen-bond acceptors (Lipinski definition) is 2. The first-order valence-electron chi connectivity index (χ1n) is 6.35. The Balaban J connectivity index is 2.88. The van der Waals surface area contributed by atoms with Gasteiger partial charge in [-0.2, -0.15) is 0 Å². The molecule has 0 atom stereocenters. The van der Waals surface area contributed by atoms with Gasteiger partial charge in [0.2, 0.25) is 0 Å². The SMILES string of the molecule is CCCCNC(=O)Nc1c(C)cc(C)cc1C(=O)O. The van der Waals surface area contributed by atoms with Gasteiger partial charge in [-0.15, -0.1) is 0 Å². The predicted molar refractivity (Wildman–Crippen MR) is 74.8 cm³/mol. The summed E-state index contributed by atoms with van der Waals surface area (Å²) in [5.74, 6) is -1.05. The molecule has 0 saturated heterocycles. The Kier molecular flexibility index (Phi) is 5.36. The third-order valence-corrected chi connectivity index (χ3v) is 2.76. The number of rotatable bonds is 5. The fourth-order valence-electron chi connectivity index (χ4n) is 1.84. The van der Waals surface area contributed by atoms with Crippen LogP contribution in [0.4, 0.5) is 10.5 Å². The molecule has 0 radical (unpaired) electrons. The number of carboxylic acid groups (broad SMARTS) is 1. The molecule has 0 aliphatic heterocycles. The zero-order valence-electron chi connectivity index (χ0n) is 11.5. The van der Waals surface area contributed by atoms with E-state index in [4.69, 9.17) is 5.11 Å². The normalized spacial score (nSPS) is 10.1. The summed E-state index contributed by atoms with van der Waals surface area (Å²) in [7, 11) is 0. The Morgan fingerprint density at radius 3 is 2.53 bits per heavy atom. The molecule has 2 amide bonds. The number of nitrogens with one attached hydrogen (secondary N) is 2. The zero-order chi connectivity index (χ0) is 14.4. The van der Waals surface area contributed by atoms with E-state index in [1.807, 2.05) is 19.9 Å². The van der Waals surface area contributed by atoms with Crippen LogP contribution in [0.2, 0.25) is 0 Å². The second kappa shape index (κ2) is 6.78. The van der Waals surface area contributed by atoms with Gasteiger partial charge in [-0.05, 0) is 37.5 Å². The van der Waals surface area contributed by atoms with E-state index in [0.29, 0.717) is 12.2 Å². The van der Waals surface area contributed by atoms with Crippen molar-refractivity contribution in [2.24, 2.45) is 0 Å². The predicted octanol–water partition coefficient (Wildman–Crippen LogP) is 2.92. The molecule has 104 valence electrons. The van der Waals surface area contributed by atoms with Crippen molar-refractivity contribution >= 4 is 17.7 Å². The molecular formula is C14H20N2O3. The lowest BCUT2D eigenvalue weighted by Gasteiger charge is -2.13. The van der Waals surface area contributed by atoms with Crippen LogP contribution in [-0.4, -0.2) is 23.7 Å². The summed E-state index contributed by atoms with van der Waals surface area (Å²) in [6, 6.07) is 3.02. The van der Waals surface area contributed by atoms with E-state index < -0.39 is 5.97 Å². The van der Waals surface area contributed by atoms with Crippen molar-refractivity contribution in [3.05, 3.63) is 28.8 Å². The largest absolute Gasteiger partial charge is 0.478 e. The number of aryl methyl sites for hydroxylation is 2. The number of carbonyl (C=O) groups is 2. The van der Waals surface area contributed by atoms with Gasteiger partial charge in [0.1, 0.15) is 0 Å². The van der Waals surface area contributed by atoms with Gasteiger partial charge in [0.05, 0.1) is 11.3 Å². The number of urea groups is 1. The highest BCUT2D eigenvalue weighted by Gasteiger charge is 2.15. The fourth-order valence-corrected chi connectivity index (χ4v) is 1.84. The molecule has 1 aromatic carbocycles. The number of unbranched alkanes of at least 4 members (excludes halogenated alkanes) is 1. The Morgan fingerprint density at radius 2 is 1.95 bits per heavy atom. The van der Waals surface area contributed by atoms with E-state index in [1.54, 1.807) is 13.0 Å². The van der Waals surface area contributed by atoms with E-state index in [0.717, 1.165) is 24.0 Å². The van der Waals surface area contributed by atoms with Gasteiger partial charge in [-0.1, -0.05) is 19.4 Å². The van der Waals surface area contributed by atoms with Crippen molar-refractivity contribution < 1.29 is 14.7 Å². The van der Waals surface area contributed by atoms with Gasteiger partial charge < -0.3 is 15.7 Å². The van der Waals surface area contributed by atoms with Crippen molar-refractivity contribution in [1.29, 1.82) is 0 Å². The van der Waals surface area contributed by atoms with E-state index in [2.05, 4.69) is 10.6 Å². The van der Waals surface area contributed by atoms with Crippen LogP contribution in [0.5, 0.6) is 0 Å². The first kappa shape index (κ1) is 15.0. The smallest absolute Gasteiger partial charge is 0.337 e. The maximum atomic E-state index is 11.7. The highest BCUT2D eigenvalue weighted by atomic mass is 16.4. The molecule has 1 aromatic rings. The fraction of sp³-hybridized carbons (Fsp3) is 0.429. The van der Waals surface area contributed by atoms with E-state index in [1.165, 1.54) is 0 Å². The lowest BCUT2D eigenvalue weighted by molar-refractivity contribution is 0.0698. The number of amides is 2. The molecule has 3 N–H and O–H groups in total. The first-order chi connectivity index (χ1) is 8.95. The van der Waals surface area contributed by atoms with Crippen molar-refractivity contribution in [2.75, 3.05) is 11.9 Å². The summed E-state index contributed by atoms with van der Waals surface area (Å²) in [5.41, 5.74) is 2.06. The number of benzene rings is 1. The minimum Gasteiger partial charge on any atom is -0.478 e. The number of anilines is 1. The van der Waals surface area contributed by atoms with Crippen LogP contribution in [0, 0.1) is 13.8 Å². The minimum atomic E-state index is -1.05. The number of aromatic carboxylic acids is 1. The second-order valence-corrected chi connectivity index (χ2v) is 4.54. The van der Waals surface area contributed by atoms with Crippen LogP contribution in [-0.2, 0) is 0 Å². The summed E-state index contributed by atoms with van der Waals surface area (Å²) in [4.78, 5) is 22.9. The van der Waals surface area contributed by atoms with Gasteiger partial charge in [0.15, 0.2) is 0 Å². The molecule has 0 bridgehead atoms. The Hall–Kier alpha value is -2.04. The quantitative estimate of drug-likeness (QED) is 0.715. The molecule has 1 rings (SSSR count). The van der Waals surface area contributed by atoms with E-state index >= 15 is 0 Å². The summed E-state index contributed by atoms with van der Waals surface area (Å²) >= 11 is 0. The van der Waals surface area contributed by atoms with Crippen LogP contribution in [0.15, 0.2) is 12.1 Å². The molecule has 5 nitrogen and oxygen atoms in total. The average molecular weight is 264 g/mol. The maximum absolute atomic E-state index is 11.7. The average Bonchev–Trinajstić information content (AvgIpc) is 2.32. The molecular weight excluding hydrogens is 244 g/mol. The molecule has 0 fully saturated rings. The molecule has 0 spiro atoms. The van der Waals surface area contributed by atoms with Crippen molar-refractivity contribution in [2.45, 2.75) is 33.6 Å². The summed E-state index contributed by atoms with van der Waals surface area (Å²) < 4.78 is 0. The molecule has 5 heteroatoms. The van der Waals surface area contributed by atoms with E-state index in [-0.39, 0.29) is 11.6 Å². The first-order valence-corrected chi connectivity index (χ1v) is 6.35. The van der Waals surface area contributed by atoms with Gasteiger partial charge in [0.25, 0.3) is 0 Å². The second-order valence-electron chi connectivity index (χ2n) is 4.54. The summed E-state index contributed by atoms with van der Waals surface area (Å²) in [6.07, 6.45) is 1.89. The van der Waals surface area contributed by atoms with Crippen LogP contribution in [0.3, 0.4) is 0 Å². The van der Waals surface area contributed by atoms with Gasteiger partial charge in [-0.25, -0.2) is 9.59 Å². The molecule has 0 aliphatic rings. The van der Waals surface area contributed by atoms with Gasteiger partial charge >= 0.3 is 12.0 Å². The van der Waals surface area contributed by atoms with Crippen LogP contribution in [0.25, 0.3) is 0 Å². The molecule has 0 heterocycles. The van der Waals surface area contributed by atoms with E-state index in [9.17, 15) is 9.59 Å².